The van der Waals surface area contributed by atoms with E-state index in [4.69, 9.17) is 4.74 Å². The number of nitrogens with one attached hydrogen (secondary N) is 2. The van der Waals surface area contributed by atoms with Gasteiger partial charge in [-0.2, -0.15) is 0 Å². The Balaban J connectivity index is 1.28. The molecule has 0 radical (unpaired) electrons. The van der Waals surface area contributed by atoms with Crippen LogP contribution in [0.3, 0.4) is 0 Å². The van der Waals surface area contributed by atoms with E-state index in [1.807, 2.05) is 4.90 Å². The molecular formula is C20H28FN3O2. The second-order valence-corrected chi connectivity index (χ2v) is 7.96. The first kappa shape index (κ1) is 17.7. The molecule has 3 aliphatic rings. The molecule has 1 amide bonds. The molecule has 3 aliphatic heterocycles. The molecule has 1 aromatic rings. The summed E-state index contributed by atoms with van der Waals surface area (Å²) in [5.74, 6) is 0.209. The van der Waals surface area contributed by atoms with Crippen LogP contribution in [0.25, 0.3) is 0 Å². The standard InChI is InChI=1S/C20H28FN3O2/c21-16-3-1-2-4-18(16)26-15-5-11-24(12-6-15)19(25)17-13-20(14-23-17)7-9-22-10-8-20/h1-4,15,17,22-23H,5-14H2/t17-/m1/s1. The van der Waals surface area contributed by atoms with Gasteiger partial charge in [-0.15, -0.1) is 0 Å². The average Bonchev–Trinajstić information content (AvgIpc) is 3.07. The zero-order valence-corrected chi connectivity index (χ0v) is 15.2. The maximum atomic E-state index is 13.7. The molecule has 6 heteroatoms. The van der Waals surface area contributed by atoms with Crippen molar-refractivity contribution < 1.29 is 13.9 Å². The maximum Gasteiger partial charge on any atom is 0.239 e. The summed E-state index contributed by atoms with van der Waals surface area (Å²) >= 11 is 0. The van der Waals surface area contributed by atoms with Crippen LogP contribution in [0.4, 0.5) is 4.39 Å². The second-order valence-electron chi connectivity index (χ2n) is 7.96. The lowest BCUT2D eigenvalue weighted by Gasteiger charge is -2.35. The largest absolute Gasteiger partial charge is 0.487 e. The van der Waals surface area contributed by atoms with Gasteiger partial charge in [-0.25, -0.2) is 4.39 Å². The quantitative estimate of drug-likeness (QED) is 0.864. The third-order valence-electron chi connectivity index (χ3n) is 6.21. The first-order chi connectivity index (χ1) is 12.7. The molecule has 0 unspecified atom stereocenters. The Kier molecular flexibility index (Phi) is 5.14. The van der Waals surface area contributed by atoms with E-state index < -0.39 is 0 Å². The summed E-state index contributed by atoms with van der Waals surface area (Å²) in [7, 11) is 0. The Morgan fingerprint density at radius 1 is 1.19 bits per heavy atom. The van der Waals surface area contributed by atoms with E-state index in [0.717, 1.165) is 51.7 Å². The van der Waals surface area contributed by atoms with E-state index in [1.165, 1.54) is 6.07 Å². The summed E-state index contributed by atoms with van der Waals surface area (Å²) in [4.78, 5) is 14.8. The van der Waals surface area contributed by atoms with Gasteiger partial charge in [-0.05, 0) is 49.9 Å². The highest BCUT2D eigenvalue weighted by Crippen LogP contribution is 2.38. The van der Waals surface area contributed by atoms with E-state index in [2.05, 4.69) is 10.6 Å². The second kappa shape index (κ2) is 7.53. The number of nitrogens with zero attached hydrogens (tertiary/aromatic N) is 1. The first-order valence-corrected chi connectivity index (χ1v) is 9.79. The summed E-state index contributed by atoms with van der Waals surface area (Å²) in [6.45, 7) is 4.44. The molecule has 1 spiro atoms. The van der Waals surface area contributed by atoms with Gasteiger partial charge in [-0.3, -0.25) is 4.79 Å². The van der Waals surface area contributed by atoms with Crippen LogP contribution in [0.1, 0.15) is 32.1 Å². The highest BCUT2D eigenvalue weighted by atomic mass is 19.1. The van der Waals surface area contributed by atoms with Gasteiger partial charge >= 0.3 is 0 Å². The summed E-state index contributed by atoms with van der Waals surface area (Å²) in [6.07, 6.45) is 4.75. The minimum absolute atomic E-state index is 0.0248. The first-order valence-electron chi connectivity index (χ1n) is 9.79. The number of benzene rings is 1. The molecule has 0 saturated carbocycles. The van der Waals surface area contributed by atoms with Crippen LogP contribution in [0.5, 0.6) is 5.75 Å². The number of amides is 1. The molecule has 3 fully saturated rings. The molecule has 26 heavy (non-hydrogen) atoms. The Hall–Kier alpha value is -1.66. The molecule has 0 aliphatic carbocycles. The van der Waals surface area contributed by atoms with Crippen LogP contribution in [0, 0.1) is 11.2 Å². The lowest BCUT2D eigenvalue weighted by Crippen LogP contribution is -2.48. The zero-order chi connectivity index (χ0) is 18.0. The predicted octanol–water partition coefficient (Wildman–Crippen LogP) is 1.93. The third-order valence-corrected chi connectivity index (χ3v) is 6.21. The number of hydrogen-bond acceptors (Lipinski definition) is 4. The minimum Gasteiger partial charge on any atom is -0.487 e. The van der Waals surface area contributed by atoms with Crippen molar-refractivity contribution in [1.29, 1.82) is 0 Å². The van der Waals surface area contributed by atoms with Crippen molar-refractivity contribution in [3.63, 3.8) is 0 Å². The molecule has 1 aromatic carbocycles. The van der Waals surface area contributed by atoms with Crippen molar-refractivity contribution in [3.8, 4) is 5.75 Å². The molecule has 3 saturated heterocycles. The molecule has 1 atom stereocenters. The molecule has 0 bridgehead atoms. The monoisotopic (exact) mass is 361 g/mol. The van der Waals surface area contributed by atoms with Crippen LogP contribution in [-0.4, -0.2) is 55.7 Å². The zero-order valence-electron chi connectivity index (χ0n) is 15.2. The molecule has 4 rings (SSSR count). The van der Waals surface area contributed by atoms with Gasteiger partial charge in [0, 0.05) is 32.5 Å². The highest BCUT2D eigenvalue weighted by Gasteiger charge is 2.43. The van der Waals surface area contributed by atoms with Gasteiger partial charge in [0.25, 0.3) is 0 Å². The van der Waals surface area contributed by atoms with Gasteiger partial charge in [0.15, 0.2) is 11.6 Å². The smallest absolute Gasteiger partial charge is 0.239 e. The third kappa shape index (κ3) is 3.71. The molecule has 5 nitrogen and oxygen atoms in total. The fourth-order valence-corrected chi connectivity index (χ4v) is 4.56. The number of halogens is 1. The topological polar surface area (TPSA) is 53.6 Å². The predicted molar refractivity (Wildman–Crippen MR) is 97.6 cm³/mol. The lowest BCUT2D eigenvalue weighted by atomic mass is 9.77. The van der Waals surface area contributed by atoms with Crippen molar-refractivity contribution >= 4 is 5.91 Å². The number of likely N-dealkylation sites (tertiary alicyclic amines) is 1. The summed E-state index contributed by atoms with van der Waals surface area (Å²) in [5, 5.41) is 6.88. The van der Waals surface area contributed by atoms with E-state index >= 15 is 0 Å². The number of carbonyl (C=O) groups excluding carboxylic acids is 1. The Morgan fingerprint density at radius 2 is 1.92 bits per heavy atom. The van der Waals surface area contributed by atoms with E-state index in [9.17, 15) is 9.18 Å². The van der Waals surface area contributed by atoms with Crippen molar-refractivity contribution in [2.24, 2.45) is 5.41 Å². The van der Waals surface area contributed by atoms with Crippen LogP contribution in [0.15, 0.2) is 24.3 Å². The number of para-hydroxylation sites is 1. The molecule has 0 aromatic heterocycles. The summed E-state index contributed by atoms with van der Waals surface area (Å²) in [6, 6.07) is 6.47. The van der Waals surface area contributed by atoms with E-state index in [-0.39, 0.29) is 23.9 Å². The molecule has 3 heterocycles. The number of carbonyl (C=O) groups is 1. The highest BCUT2D eigenvalue weighted by molar-refractivity contribution is 5.82. The normalized spacial score (nSPS) is 26.2. The van der Waals surface area contributed by atoms with Gasteiger partial charge in [0.05, 0.1) is 6.04 Å². The van der Waals surface area contributed by atoms with Gasteiger partial charge in [0.1, 0.15) is 6.10 Å². The number of ether oxygens (including phenoxy) is 1. The summed E-state index contributed by atoms with van der Waals surface area (Å²) in [5.41, 5.74) is 0.303. The fraction of sp³-hybridized carbons (Fsp3) is 0.650. The number of piperidine rings is 2. The van der Waals surface area contributed by atoms with Crippen LogP contribution in [0.2, 0.25) is 0 Å². The lowest BCUT2D eigenvalue weighted by molar-refractivity contribution is -0.135. The Bertz CT molecular complexity index is 640. The SMILES string of the molecule is O=C([C@H]1CC2(CCNCC2)CN1)N1CCC(Oc2ccccc2F)CC1. The molecule has 142 valence electrons. The minimum atomic E-state index is -0.326. The molecular weight excluding hydrogens is 333 g/mol. The van der Waals surface area contributed by atoms with E-state index in [1.54, 1.807) is 18.2 Å². The Morgan fingerprint density at radius 3 is 2.65 bits per heavy atom. The maximum absolute atomic E-state index is 13.7. The number of rotatable bonds is 3. The van der Waals surface area contributed by atoms with Crippen molar-refractivity contribution in [2.45, 2.75) is 44.2 Å². The average molecular weight is 361 g/mol. The van der Waals surface area contributed by atoms with Crippen LogP contribution in [-0.2, 0) is 4.79 Å². The van der Waals surface area contributed by atoms with Crippen molar-refractivity contribution in [1.82, 2.24) is 15.5 Å². The molecule has 2 N–H and O–H groups in total. The van der Waals surface area contributed by atoms with Gasteiger partial charge in [-0.1, -0.05) is 12.1 Å². The fourth-order valence-electron chi connectivity index (χ4n) is 4.56. The van der Waals surface area contributed by atoms with Crippen molar-refractivity contribution in [2.75, 3.05) is 32.7 Å². The number of hydrogen-bond donors (Lipinski definition) is 2. The van der Waals surface area contributed by atoms with Crippen LogP contribution < -0.4 is 15.4 Å². The van der Waals surface area contributed by atoms with Gasteiger partial charge in [0.2, 0.25) is 5.91 Å². The van der Waals surface area contributed by atoms with Gasteiger partial charge < -0.3 is 20.3 Å². The summed E-state index contributed by atoms with van der Waals surface area (Å²) < 4.78 is 19.5. The van der Waals surface area contributed by atoms with Crippen molar-refractivity contribution in [3.05, 3.63) is 30.1 Å². The van der Waals surface area contributed by atoms with Crippen LogP contribution >= 0.6 is 0 Å². The van der Waals surface area contributed by atoms with E-state index in [0.29, 0.717) is 24.3 Å². The Labute approximate surface area is 154 Å².